The van der Waals surface area contributed by atoms with Crippen LogP contribution < -0.4 is 10.5 Å². The van der Waals surface area contributed by atoms with Crippen LogP contribution in [0.25, 0.3) is 0 Å². The lowest BCUT2D eigenvalue weighted by Gasteiger charge is -2.13. The van der Waals surface area contributed by atoms with Gasteiger partial charge in [0.05, 0.1) is 0 Å². The predicted molar refractivity (Wildman–Crippen MR) is 74.4 cm³/mol. The summed E-state index contributed by atoms with van der Waals surface area (Å²) in [4.78, 5) is 4.35. The van der Waals surface area contributed by atoms with Crippen LogP contribution in [-0.2, 0) is 6.61 Å². The van der Waals surface area contributed by atoms with Crippen molar-refractivity contribution in [2.75, 3.05) is 0 Å². The van der Waals surface area contributed by atoms with Gasteiger partial charge in [-0.2, -0.15) is 4.98 Å². The van der Waals surface area contributed by atoms with Crippen molar-refractivity contribution in [1.82, 2.24) is 10.1 Å². The van der Waals surface area contributed by atoms with Crippen LogP contribution in [0.4, 0.5) is 0 Å². The average Bonchev–Trinajstić information content (AvgIpc) is 3.15. The predicted octanol–water partition coefficient (Wildman–Crippen LogP) is 2.85. The van der Waals surface area contributed by atoms with Crippen LogP contribution in [0.2, 0.25) is 0 Å². The minimum absolute atomic E-state index is 0.0738. The van der Waals surface area contributed by atoms with E-state index in [9.17, 15) is 0 Å². The van der Waals surface area contributed by atoms with E-state index < -0.39 is 0 Å². The van der Waals surface area contributed by atoms with E-state index >= 15 is 0 Å². The van der Waals surface area contributed by atoms with E-state index in [4.69, 9.17) is 15.0 Å². The number of hydrogen-bond acceptors (Lipinski definition) is 5. The Morgan fingerprint density at radius 1 is 1.45 bits per heavy atom. The Morgan fingerprint density at radius 3 is 2.95 bits per heavy atom. The summed E-state index contributed by atoms with van der Waals surface area (Å²) in [6.07, 6.45) is 2.32. The largest absolute Gasteiger partial charge is 0.483 e. The number of hydrogen-bond donors (Lipinski definition) is 1. The highest BCUT2D eigenvalue weighted by atomic mass is 16.5. The van der Waals surface area contributed by atoms with Crippen LogP contribution in [-0.4, -0.2) is 10.1 Å². The summed E-state index contributed by atoms with van der Waals surface area (Å²) in [6, 6.07) is 5.94. The van der Waals surface area contributed by atoms with Gasteiger partial charge < -0.3 is 15.0 Å². The van der Waals surface area contributed by atoms with E-state index in [0.29, 0.717) is 11.8 Å². The number of aryl methyl sites for hydroxylation is 1. The van der Waals surface area contributed by atoms with Gasteiger partial charge in [-0.25, -0.2) is 0 Å². The molecule has 1 aromatic carbocycles. The van der Waals surface area contributed by atoms with Gasteiger partial charge in [-0.05, 0) is 38.3 Å². The molecule has 0 radical (unpaired) electrons. The molecule has 5 nitrogen and oxygen atoms in total. The van der Waals surface area contributed by atoms with Crippen molar-refractivity contribution in [3.63, 3.8) is 0 Å². The lowest BCUT2D eigenvalue weighted by Crippen LogP contribution is -2.08. The summed E-state index contributed by atoms with van der Waals surface area (Å²) >= 11 is 0. The van der Waals surface area contributed by atoms with Crippen molar-refractivity contribution < 1.29 is 9.26 Å². The molecule has 2 aromatic rings. The molecule has 1 aliphatic carbocycles. The SMILES string of the molecule is Cc1ccc([C@@H](C)N)c(OCc2nc(C3CC3)no2)c1. The van der Waals surface area contributed by atoms with Crippen LogP contribution in [0.5, 0.6) is 5.75 Å². The Kier molecular flexibility index (Phi) is 3.44. The summed E-state index contributed by atoms with van der Waals surface area (Å²) in [5.41, 5.74) is 8.07. The number of ether oxygens (including phenoxy) is 1. The normalized spacial score (nSPS) is 16.1. The Bertz CT molecular complexity index is 603. The van der Waals surface area contributed by atoms with Crippen LogP contribution >= 0.6 is 0 Å². The van der Waals surface area contributed by atoms with Crippen LogP contribution in [0.1, 0.15) is 54.6 Å². The zero-order valence-corrected chi connectivity index (χ0v) is 11.8. The molecule has 1 aromatic heterocycles. The van der Waals surface area contributed by atoms with Gasteiger partial charge in [0, 0.05) is 17.5 Å². The van der Waals surface area contributed by atoms with Crippen molar-refractivity contribution in [3.05, 3.63) is 41.0 Å². The number of rotatable bonds is 5. The van der Waals surface area contributed by atoms with Crippen LogP contribution in [0, 0.1) is 6.92 Å². The third-order valence-electron chi connectivity index (χ3n) is 3.44. The molecule has 0 unspecified atom stereocenters. The molecule has 20 heavy (non-hydrogen) atoms. The lowest BCUT2D eigenvalue weighted by atomic mass is 10.1. The molecular weight excluding hydrogens is 254 g/mol. The van der Waals surface area contributed by atoms with Crippen molar-refractivity contribution in [2.45, 2.75) is 45.3 Å². The fraction of sp³-hybridized carbons (Fsp3) is 0.467. The van der Waals surface area contributed by atoms with Gasteiger partial charge in [-0.15, -0.1) is 0 Å². The van der Waals surface area contributed by atoms with E-state index in [-0.39, 0.29) is 12.6 Å². The molecule has 106 valence electrons. The van der Waals surface area contributed by atoms with Crippen LogP contribution in [0.15, 0.2) is 22.7 Å². The maximum atomic E-state index is 5.95. The third kappa shape index (κ3) is 2.82. The van der Waals surface area contributed by atoms with Crippen molar-refractivity contribution in [3.8, 4) is 5.75 Å². The zero-order valence-electron chi connectivity index (χ0n) is 11.8. The highest BCUT2D eigenvalue weighted by Crippen LogP contribution is 2.38. The van der Waals surface area contributed by atoms with E-state index in [1.165, 1.54) is 0 Å². The second-order valence-corrected chi connectivity index (χ2v) is 5.44. The van der Waals surface area contributed by atoms with Gasteiger partial charge >= 0.3 is 0 Å². The van der Waals surface area contributed by atoms with Gasteiger partial charge in [0.15, 0.2) is 12.4 Å². The van der Waals surface area contributed by atoms with Crippen molar-refractivity contribution in [2.24, 2.45) is 5.73 Å². The van der Waals surface area contributed by atoms with Gasteiger partial charge in [-0.1, -0.05) is 17.3 Å². The number of aromatic nitrogens is 2. The van der Waals surface area contributed by atoms with E-state index in [2.05, 4.69) is 10.1 Å². The first-order chi connectivity index (χ1) is 9.63. The average molecular weight is 273 g/mol. The first-order valence-corrected chi connectivity index (χ1v) is 6.95. The van der Waals surface area contributed by atoms with Gasteiger partial charge in [-0.3, -0.25) is 0 Å². The number of benzene rings is 1. The fourth-order valence-electron chi connectivity index (χ4n) is 2.12. The third-order valence-corrected chi connectivity index (χ3v) is 3.44. The molecule has 3 rings (SSSR count). The van der Waals surface area contributed by atoms with E-state index in [1.807, 2.05) is 32.0 Å². The summed E-state index contributed by atoms with van der Waals surface area (Å²) in [7, 11) is 0. The Balaban J connectivity index is 1.71. The molecule has 1 aliphatic rings. The lowest BCUT2D eigenvalue weighted by molar-refractivity contribution is 0.240. The first-order valence-electron chi connectivity index (χ1n) is 6.95. The van der Waals surface area contributed by atoms with Gasteiger partial charge in [0.1, 0.15) is 5.75 Å². The second-order valence-electron chi connectivity index (χ2n) is 5.44. The zero-order chi connectivity index (χ0) is 14.1. The molecule has 0 bridgehead atoms. The van der Waals surface area contributed by atoms with Gasteiger partial charge in [0.25, 0.3) is 5.89 Å². The van der Waals surface area contributed by atoms with Crippen molar-refractivity contribution >= 4 is 0 Å². The molecule has 1 fully saturated rings. The molecule has 1 saturated carbocycles. The summed E-state index contributed by atoms with van der Waals surface area (Å²) in [5.74, 6) is 2.60. The minimum Gasteiger partial charge on any atom is -0.483 e. The molecule has 1 atom stereocenters. The van der Waals surface area contributed by atoms with Gasteiger partial charge in [0.2, 0.25) is 0 Å². The molecule has 5 heteroatoms. The van der Waals surface area contributed by atoms with E-state index in [0.717, 1.165) is 35.5 Å². The summed E-state index contributed by atoms with van der Waals surface area (Å²) in [6.45, 7) is 4.24. The minimum atomic E-state index is -0.0738. The maximum absolute atomic E-state index is 5.95. The molecular formula is C15H19N3O2. The summed E-state index contributed by atoms with van der Waals surface area (Å²) < 4.78 is 11.0. The fourth-order valence-corrected chi connectivity index (χ4v) is 2.12. The number of nitrogens with two attached hydrogens (primary N) is 1. The van der Waals surface area contributed by atoms with Crippen LogP contribution in [0.3, 0.4) is 0 Å². The van der Waals surface area contributed by atoms with E-state index in [1.54, 1.807) is 0 Å². The Hall–Kier alpha value is -1.88. The quantitative estimate of drug-likeness (QED) is 0.906. The molecule has 0 amide bonds. The molecule has 2 N–H and O–H groups in total. The maximum Gasteiger partial charge on any atom is 0.264 e. The number of nitrogens with zero attached hydrogens (tertiary/aromatic N) is 2. The highest BCUT2D eigenvalue weighted by molar-refractivity contribution is 5.38. The molecule has 0 saturated heterocycles. The van der Waals surface area contributed by atoms with Crippen molar-refractivity contribution in [1.29, 1.82) is 0 Å². The topological polar surface area (TPSA) is 74.2 Å². The standard InChI is InChI=1S/C15H19N3O2/c1-9-3-6-12(10(2)16)13(7-9)19-8-14-17-15(18-20-14)11-4-5-11/h3,6-7,10-11H,4-5,8,16H2,1-2H3/t10-/m1/s1. The molecule has 0 aliphatic heterocycles. The Labute approximate surface area is 118 Å². The Morgan fingerprint density at radius 2 is 2.25 bits per heavy atom. The summed E-state index contributed by atoms with van der Waals surface area (Å²) in [5, 5.41) is 3.97. The highest BCUT2D eigenvalue weighted by Gasteiger charge is 2.28. The smallest absolute Gasteiger partial charge is 0.264 e. The monoisotopic (exact) mass is 273 g/mol. The first kappa shape index (κ1) is 13.1. The molecule has 1 heterocycles. The molecule has 0 spiro atoms. The second kappa shape index (κ2) is 5.25.